The molecule has 1 aromatic carbocycles. The Morgan fingerprint density at radius 3 is 2.89 bits per heavy atom. The minimum absolute atomic E-state index is 0.817. The molecule has 1 aromatic rings. The molecule has 1 aliphatic heterocycles. The third-order valence-electron chi connectivity index (χ3n) is 4.56. The van der Waals surface area contributed by atoms with Crippen LogP contribution in [-0.2, 0) is 13.0 Å². The second-order valence-electron chi connectivity index (χ2n) is 5.83. The number of nitrogens with zero attached hydrogens (tertiary/aromatic N) is 1. The van der Waals surface area contributed by atoms with Gasteiger partial charge in [-0.1, -0.05) is 25.0 Å². The molecular weight excluding hydrogens is 220 g/mol. The van der Waals surface area contributed by atoms with Crippen molar-refractivity contribution in [2.24, 2.45) is 0 Å². The number of anilines is 1. The molecule has 0 saturated heterocycles. The number of fused-ring (bicyclic) bond motifs is 1. The minimum atomic E-state index is 0.817. The Kier molecular flexibility index (Phi) is 3.55. The predicted octanol–water partition coefficient (Wildman–Crippen LogP) is 3.42. The second-order valence-corrected chi connectivity index (χ2v) is 5.83. The van der Waals surface area contributed by atoms with Gasteiger partial charge in [0.1, 0.15) is 0 Å². The van der Waals surface area contributed by atoms with Crippen molar-refractivity contribution in [3.8, 4) is 0 Å². The van der Waals surface area contributed by atoms with Gasteiger partial charge in [-0.15, -0.1) is 0 Å². The molecule has 0 amide bonds. The first-order valence-electron chi connectivity index (χ1n) is 7.39. The first-order chi connectivity index (χ1) is 8.84. The van der Waals surface area contributed by atoms with E-state index < -0.39 is 0 Å². The Morgan fingerprint density at radius 2 is 2.06 bits per heavy atom. The van der Waals surface area contributed by atoms with Crippen molar-refractivity contribution in [3.63, 3.8) is 0 Å². The molecule has 18 heavy (non-hydrogen) atoms. The van der Waals surface area contributed by atoms with E-state index in [0.29, 0.717) is 0 Å². The van der Waals surface area contributed by atoms with Crippen LogP contribution in [-0.4, -0.2) is 24.5 Å². The topological polar surface area (TPSA) is 15.3 Å². The monoisotopic (exact) mass is 244 g/mol. The average Bonchev–Trinajstić information content (AvgIpc) is 2.93. The van der Waals surface area contributed by atoms with Crippen molar-refractivity contribution in [1.29, 1.82) is 0 Å². The molecule has 3 rings (SSSR count). The lowest BCUT2D eigenvalue weighted by Gasteiger charge is -2.27. The van der Waals surface area contributed by atoms with Gasteiger partial charge >= 0.3 is 0 Å². The van der Waals surface area contributed by atoms with E-state index >= 15 is 0 Å². The summed E-state index contributed by atoms with van der Waals surface area (Å²) in [5.41, 5.74) is 4.47. The van der Waals surface area contributed by atoms with E-state index in [1.165, 1.54) is 49.8 Å². The van der Waals surface area contributed by atoms with E-state index in [2.05, 4.69) is 35.5 Å². The highest BCUT2D eigenvalue weighted by atomic mass is 15.1. The molecule has 1 fully saturated rings. The van der Waals surface area contributed by atoms with E-state index in [9.17, 15) is 0 Å². The lowest BCUT2D eigenvalue weighted by molar-refractivity contribution is 0.237. The smallest absolute Gasteiger partial charge is 0.0375 e. The molecule has 0 radical (unpaired) electrons. The molecule has 2 nitrogen and oxygen atoms in total. The first kappa shape index (κ1) is 12.0. The molecule has 0 spiro atoms. The second kappa shape index (κ2) is 5.31. The Labute approximate surface area is 110 Å². The third-order valence-corrected chi connectivity index (χ3v) is 4.56. The maximum absolute atomic E-state index is 3.53. The van der Waals surface area contributed by atoms with Gasteiger partial charge in [0.25, 0.3) is 0 Å². The standard InChI is InChI=1S/C16H24N2/c1-18(14-7-2-3-8-14)12-13-6-4-10-16-15(13)9-5-11-17-16/h4,6,10,14,17H,2-3,5,7-9,11-12H2,1H3. The first-order valence-corrected chi connectivity index (χ1v) is 7.39. The van der Waals surface area contributed by atoms with Crippen LogP contribution in [0.3, 0.4) is 0 Å². The highest BCUT2D eigenvalue weighted by Gasteiger charge is 2.21. The van der Waals surface area contributed by atoms with E-state index in [4.69, 9.17) is 0 Å². The van der Waals surface area contributed by atoms with Crippen molar-refractivity contribution in [2.75, 3.05) is 18.9 Å². The van der Waals surface area contributed by atoms with E-state index in [1.54, 1.807) is 5.56 Å². The Hall–Kier alpha value is -1.02. The minimum Gasteiger partial charge on any atom is -0.385 e. The summed E-state index contributed by atoms with van der Waals surface area (Å²) in [6.07, 6.45) is 8.15. The molecule has 1 saturated carbocycles. The summed E-state index contributed by atoms with van der Waals surface area (Å²) in [5, 5.41) is 3.53. The molecule has 1 heterocycles. The van der Waals surface area contributed by atoms with Gasteiger partial charge in [0, 0.05) is 24.8 Å². The largest absolute Gasteiger partial charge is 0.385 e. The predicted molar refractivity (Wildman–Crippen MR) is 77.0 cm³/mol. The van der Waals surface area contributed by atoms with Gasteiger partial charge < -0.3 is 5.32 Å². The van der Waals surface area contributed by atoms with Crippen LogP contribution in [0.2, 0.25) is 0 Å². The summed E-state index contributed by atoms with van der Waals surface area (Å²) in [6.45, 7) is 2.25. The van der Waals surface area contributed by atoms with Gasteiger partial charge in [-0.3, -0.25) is 4.90 Å². The fourth-order valence-corrected chi connectivity index (χ4v) is 3.47. The van der Waals surface area contributed by atoms with Gasteiger partial charge in [0.05, 0.1) is 0 Å². The van der Waals surface area contributed by atoms with E-state index in [-0.39, 0.29) is 0 Å². The third kappa shape index (κ3) is 2.39. The zero-order valence-electron chi connectivity index (χ0n) is 11.4. The quantitative estimate of drug-likeness (QED) is 0.876. The summed E-state index contributed by atoms with van der Waals surface area (Å²) in [5.74, 6) is 0. The summed E-state index contributed by atoms with van der Waals surface area (Å²) >= 11 is 0. The molecule has 1 aliphatic carbocycles. The zero-order chi connectivity index (χ0) is 12.4. The number of rotatable bonds is 3. The molecule has 98 valence electrons. The van der Waals surface area contributed by atoms with Crippen LogP contribution in [0.25, 0.3) is 0 Å². The normalized spacial score (nSPS) is 19.9. The lowest BCUT2D eigenvalue weighted by atomic mass is 9.97. The molecule has 0 bridgehead atoms. The number of hydrogen-bond donors (Lipinski definition) is 1. The lowest BCUT2D eigenvalue weighted by Crippen LogP contribution is -2.29. The van der Waals surface area contributed by atoms with Gasteiger partial charge in [-0.2, -0.15) is 0 Å². The van der Waals surface area contributed by atoms with Gasteiger partial charge in [0.15, 0.2) is 0 Å². The van der Waals surface area contributed by atoms with Gasteiger partial charge in [-0.25, -0.2) is 0 Å². The van der Waals surface area contributed by atoms with Crippen LogP contribution in [0.5, 0.6) is 0 Å². The molecule has 0 unspecified atom stereocenters. The molecule has 0 atom stereocenters. The van der Waals surface area contributed by atoms with Crippen LogP contribution in [0, 0.1) is 0 Å². The summed E-state index contributed by atoms with van der Waals surface area (Å²) < 4.78 is 0. The van der Waals surface area contributed by atoms with E-state index in [1.807, 2.05) is 0 Å². The number of hydrogen-bond acceptors (Lipinski definition) is 2. The van der Waals surface area contributed by atoms with Crippen LogP contribution in [0.1, 0.15) is 43.2 Å². The SMILES string of the molecule is CN(Cc1cccc2c1CCCN2)C1CCCC1. The summed E-state index contributed by atoms with van der Waals surface area (Å²) in [4.78, 5) is 2.57. The average molecular weight is 244 g/mol. The Bertz CT molecular complexity index is 408. The van der Waals surface area contributed by atoms with Crippen LogP contribution in [0.15, 0.2) is 18.2 Å². The fourth-order valence-electron chi connectivity index (χ4n) is 3.47. The maximum atomic E-state index is 3.53. The Balaban J connectivity index is 1.75. The fraction of sp³-hybridized carbons (Fsp3) is 0.625. The maximum Gasteiger partial charge on any atom is 0.0375 e. The van der Waals surface area contributed by atoms with Crippen molar-refractivity contribution >= 4 is 5.69 Å². The summed E-state index contributed by atoms with van der Waals surface area (Å²) in [6, 6.07) is 7.57. The molecule has 2 heteroatoms. The molecule has 2 aliphatic rings. The van der Waals surface area contributed by atoms with Crippen LogP contribution < -0.4 is 5.32 Å². The van der Waals surface area contributed by atoms with Gasteiger partial charge in [0.2, 0.25) is 0 Å². The summed E-state index contributed by atoms with van der Waals surface area (Å²) in [7, 11) is 2.30. The van der Waals surface area contributed by atoms with Crippen molar-refractivity contribution in [1.82, 2.24) is 4.90 Å². The highest BCUT2D eigenvalue weighted by molar-refractivity contribution is 5.56. The van der Waals surface area contributed by atoms with Crippen molar-refractivity contribution in [2.45, 2.75) is 51.1 Å². The molecular formula is C16H24N2. The van der Waals surface area contributed by atoms with Crippen LogP contribution >= 0.6 is 0 Å². The highest BCUT2D eigenvalue weighted by Crippen LogP contribution is 2.28. The van der Waals surface area contributed by atoms with Crippen molar-refractivity contribution < 1.29 is 0 Å². The molecule has 0 aromatic heterocycles. The zero-order valence-corrected chi connectivity index (χ0v) is 11.4. The number of nitrogens with one attached hydrogen (secondary N) is 1. The Morgan fingerprint density at radius 1 is 1.22 bits per heavy atom. The molecule has 1 N–H and O–H groups in total. The number of benzene rings is 1. The van der Waals surface area contributed by atoms with Crippen molar-refractivity contribution in [3.05, 3.63) is 29.3 Å². The van der Waals surface area contributed by atoms with Gasteiger partial charge in [-0.05, 0) is 49.9 Å². The van der Waals surface area contributed by atoms with E-state index in [0.717, 1.165) is 19.1 Å². The van der Waals surface area contributed by atoms with Crippen LogP contribution in [0.4, 0.5) is 5.69 Å².